The molecule has 0 aliphatic carbocycles. The van der Waals surface area contributed by atoms with Crippen LogP contribution in [-0.2, 0) is 15.8 Å². The van der Waals surface area contributed by atoms with Gasteiger partial charge in [0.25, 0.3) is 0 Å². The largest absolute Gasteiger partial charge is 0.316 e. The standard InChI is InChI=1S/C16H23FN2O2S/c17-16-3-1-2-13(10-16)12-22(20,21)19-8-5-14(6-9-19)15-4-7-18-11-15/h1-3,10,14-15,18H,4-9,11-12H2. The van der Waals surface area contributed by atoms with Crippen LogP contribution in [0.3, 0.4) is 0 Å². The Morgan fingerprint density at radius 3 is 2.59 bits per heavy atom. The van der Waals surface area contributed by atoms with E-state index >= 15 is 0 Å². The van der Waals surface area contributed by atoms with Crippen LogP contribution in [-0.4, -0.2) is 38.9 Å². The summed E-state index contributed by atoms with van der Waals surface area (Å²) in [6.45, 7) is 3.35. The zero-order valence-electron chi connectivity index (χ0n) is 12.7. The van der Waals surface area contributed by atoms with E-state index < -0.39 is 10.0 Å². The Balaban J connectivity index is 1.59. The normalized spacial score (nSPS) is 24.7. The van der Waals surface area contributed by atoms with Crippen LogP contribution in [0.2, 0.25) is 0 Å². The van der Waals surface area contributed by atoms with E-state index in [4.69, 9.17) is 0 Å². The molecule has 22 heavy (non-hydrogen) atoms. The van der Waals surface area contributed by atoms with Crippen molar-refractivity contribution in [1.29, 1.82) is 0 Å². The number of rotatable bonds is 4. The van der Waals surface area contributed by atoms with Gasteiger partial charge in [0.05, 0.1) is 5.75 Å². The first-order chi connectivity index (χ1) is 10.5. The maximum atomic E-state index is 13.2. The summed E-state index contributed by atoms with van der Waals surface area (Å²) in [5, 5.41) is 3.38. The number of hydrogen-bond acceptors (Lipinski definition) is 3. The third-order valence-electron chi connectivity index (χ3n) is 4.90. The minimum absolute atomic E-state index is 0.111. The molecule has 1 aromatic rings. The lowest BCUT2D eigenvalue weighted by Crippen LogP contribution is -2.40. The van der Waals surface area contributed by atoms with Crippen molar-refractivity contribution in [3.8, 4) is 0 Å². The minimum atomic E-state index is -3.35. The van der Waals surface area contributed by atoms with Crippen LogP contribution in [0.1, 0.15) is 24.8 Å². The van der Waals surface area contributed by atoms with Crippen LogP contribution in [0.25, 0.3) is 0 Å². The Labute approximate surface area is 131 Å². The van der Waals surface area contributed by atoms with Gasteiger partial charge in [-0.05, 0) is 61.9 Å². The average Bonchev–Trinajstić information content (AvgIpc) is 3.01. The highest BCUT2D eigenvalue weighted by atomic mass is 32.2. The Bertz CT molecular complexity index is 606. The number of hydrogen-bond donors (Lipinski definition) is 1. The lowest BCUT2D eigenvalue weighted by molar-refractivity contribution is 0.216. The van der Waals surface area contributed by atoms with E-state index in [0.29, 0.717) is 30.5 Å². The summed E-state index contributed by atoms with van der Waals surface area (Å²) in [7, 11) is -3.35. The van der Waals surface area contributed by atoms with Gasteiger partial charge in [-0.1, -0.05) is 12.1 Å². The van der Waals surface area contributed by atoms with Crippen molar-refractivity contribution in [2.75, 3.05) is 26.2 Å². The molecule has 3 rings (SSSR count). The molecule has 1 aromatic carbocycles. The van der Waals surface area contributed by atoms with Gasteiger partial charge in [0.1, 0.15) is 5.82 Å². The molecule has 0 saturated carbocycles. The smallest absolute Gasteiger partial charge is 0.218 e. The molecule has 2 fully saturated rings. The van der Waals surface area contributed by atoms with E-state index in [1.807, 2.05) is 0 Å². The molecule has 2 aliphatic heterocycles. The molecule has 0 spiro atoms. The van der Waals surface area contributed by atoms with Crippen LogP contribution in [0.15, 0.2) is 24.3 Å². The Morgan fingerprint density at radius 1 is 1.18 bits per heavy atom. The maximum Gasteiger partial charge on any atom is 0.218 e. The molecule has 1 unspecified atom stereocenters. The fourth-order valence-electron chi connectivity index (χ4n) is 3.63. The Hall–Kier alpha value is -0.980. The predicted molar refractivity (Wildman–Crippen MR) is 84.3 cm³/mol. The van der Waals surface area contributed by atoms with Crippen molar-refractivity contribution < 1.29 is 12.8 Å². The second kappa shape index (κ2) is 6.64. The first-order valence-corrected chi connectivity index (χ1v) is 9.58. The van der Waals surface area contributed by atoms with Gasteiger partial charge >= 0.3 is 0 Å². The highest BCUT2D eigenvalue weighted by Gasteiger charge is 2.32. The number of halogens is 1. The van der Waals surface area contributed by atoms with Gasteiger partial charge in [-0.25, -0.2) is 17.1 Å². The van der Waals surface area contributed by atoms with Crippen molar-refractivity contribution in [3.63, 3.8) is 0 Å². The van der Waals surface area contributed by atoms with Gasteiger partial charge in [0.2, 0.25) is 10.0 Å². The molecule has 0 amide bonds. The highest BCUT2D eigenvalue weighted by Crippen LogP contribution is 2.30. The van der Waals surface area contributed by atoms with Crippen molar-refractivity contribution >= 4 is 10.0 Å². The molecule has 1 atom stereocenters. The van der Waals surface area contributed by atoms with Crippen LogP contribution in [0.5, 0.6) is 0 Å². The van der Waals surface area contributed by atoms with Crippen molar-refractivity contribution in [2.45, 2.75) is 25.0 Å². The molecule has 0 radical (unpaired) electrons. The molecular formula is C16H23FN2O2S. The first kappa shape index (κ1) is 15.9. The second-order valence-corrected chi connectivity index (χ2v) is 8.34. The zero-order chi connectivity index (χ0) is 15.6. The van der Waals surface area contributed by atoms with E-state index in [2.05, 4.69) is 5.32 Å². The summed E-state index contributed by atoms with van der Waals surface area (Å²) in [5.41, 5.74) is 0.516. The van der Waals surface area contributed by atoms with Crippen LogP contribution in [0.4, 0.5) is 4.39 Å². The zero-order valence-corrected chi connectivity index (χ0v) is 13.5. The average molecular weight is 326 g/mol. The fourth-order valence-corrected chi connectivity index (χ4v) is 5.18. The van der Waals surface area contributed by atoms with E-state index in [9.17, 15) is 12.8 Å². The van der Waals surface area contributed by atoms with Gasteiger partial charge in [-0.15, -0.1) is 0 Å². The topological polar surface area (TPSA) is 49.4 Å². The fraction of sp³-hybridized carbons (Fsp3) is 0.625. The lowest BCUT2D eigenvalue weighted by atomic mass is 9.84. The van der Waals surface area contributed by atoms with E-state index in [-0.39, 0.29) is 11.6 Å². The summed E-state index contributed by atoms with van der Waals surface area (Å²) < 4.78 is 39.7. The van der Waals surface area contributed by atoms with Crippen LogP contribution >= 0.6 is 0 Å². The molecule has 0 bridgehead atoms. The molecule has 2 heterocycles. The predicted octanol–water partition coefficient (Wildman–Crippen LogP) is 1.98. The monoisotopic (exact) mass is 326 g/mol. The van der Waals surface area contributed by atoms with E-state index in [0.717, 1.165) is 25.9 Å². The van der Waals surface area contributed by atoms with Gasteiger partial charge in [-0.2, -0.15) is 0 Å². The summed E-state index contributed by atoms with van der Waals surface area (Å²) in [6, 6.07) is 5.85. The molecule has 0 aromatic heterocycles. The molecule has 1 N–H and O–H groups in total. The van der Waals surface area contributed by atoms with Gasteiger partial charge < -0.3 is 5.32 Å². The lowest BCUT2D eigenvalue weighted by Gasteiger charge is -2.34. The Morgan fingerprint density at radius 2 is 1.95 bits per heavy atom. The second-order valence-electron chi connectivity index (χ2n) is 6.38. The molecule has 122 valence electrons. The minimum Gasteiger partial charge on any atom is -0.316 e. The highest BCUT2D eigenvalue weighted by molar-refractivity contribution is 7.88. The van der Waals surface area contributed by atoms with Crippen LogP contribution in [0, 0.1) is 17.7 Å². The van der Waals surface area contributed by atoms with Crippen molar-refractivity contribution in [1.82, 2.24) is 9.62 Å². The van der Waals surface area contributed by atoms with Gasteiger partial charge in [0, 0.05) is 13.1 Å². The molecule has 2 aliphatic rings. The number of nitrogens with zero attached hydrogens (tertiary/aromatic N) is 1. The molecule has 6 heteroatoms. The molecular weight excluding hydrogens is 303 g/mol. The number of nitrogens with one attached hydrogen (secondary N) is 1. The number of piperidine rings is 1. The molecule has 4 nitrogen and oxygen atoms in total. The van der Waals surface area contributed by atoms with Crippen LogP contribution < -0.4 is 5.32 Å². The summed E-state index contributed by atoms with van der Waals surface area (Å²) >= 11 is 0. The van der Waals surface area contributed by atoms with E-state index in [1.54, 1.807) is 16.4 Å². The maximum absolute atomic E-state index is 13.2. The Kier molecular flexibility index (Phi) is 4.80. The number of sulfonamides is 1. The summed E-state index contributed by atoms with van der Waals surface area (Å²) in [4.78, 5) is 0. The van der Waals surface area contributed by atoms with E-state index in [1.165, 1.54) is 18.6 Å². The summed E-state index contributed by atoms with van der Waals surface area (Å²) in [6.07, 6.45) is 3.09. The SMILES string of the molecule is O=S(=O)(Cc1cccc(F)c1)N1CCC(C2CCNC2)CC1. The summed E-state index contributed by atoms with van der Waals surface area (Å²) in [5.74, 6) is 0.837. The quantitative estimate of drug-likeness (QED) is 0.920. The third kappa shape index (κ3) is 3.67. The van der Waals surface area contributed by atoms with Gasteiger partial charge in [0.15, 0.2) is 0 Å². The third-order valence-corrected chi connectivity index (χ3v) is 6.75. The number of benzene rings is 1. The first-order valence-electron chi connectivity index (χ1n) is 7.97. The van der Waals surface area contributed by atoms with Crippen molar-refractivity contribution in [3.05, 3.63) is 35.6 Å². The van der Waals surface area contributed by atoms with Crippen molar-refractivity contribution in [2.24, 2.45) is 11.8 Å². The molecule has 2 saturated heterocycles. The van der Waals surface area contributed by atoms with Gasteiger partial charge in [-0.3, -0.25) is 0 Å².